The Labute approximate surface area is 148 Å². The van der Waals surface area contributed by atoms with E-state index in [1.165, 1.54) is 0 Å². The Morgan fingerprint density at radius 2 is 2.08 bits per heavy atom. The lowest BCUT2D eigenvalue weighted by atomic mass is 10.1. The van der Waals surface area contributed by atoms with Gasteiger partial charge in [0.1, 0.15) is 0 Å². The van der Waals surface area contributed by atoms with Crippen molar-refractivity contribution in [3.8, 4) is 0 Å². The molecule has 1 saturated heterocycles. The van der Waals surface area contributed by atoms with Crippen LogP contribution >= 0.6 is 0 Å². The van der Waals surface area contributed by atoms with Gasteiger partial charge in [-0.2, -0.15) is 0 Å². The molecular weight excluding hydrogens is 318 g/mol. The van der Waals surface area contributed by atoms with Crippen LogP contribution in [0.15, 0.2) is 49.1 Å². The number of carboxylic acid groups (broad SMARTS) is 1. The molecule has 0 radical (unpaired) electrons. The van der Waals surface area contributed by atoms with E-state index >= 15 is 0 Å². The highest BCUT2D eigenvalue weighted by Crippen LogP contribution is 2.21. The fourth-order valence-electron chi connectivity index (χ4n) is 2.95. The molecule has 1 aliphatic heterocycles. The number of hydrogen-bond acceptors (Lipinski definition) is 3. The molecule has 0 spiro atoms. The summed E-state index contributed by atoms with van der Waals surface area (Å²) in [6, 6.07) is 6.75. The molecule has 134 valence electrons. The molecular formula is C20H25NO4. The third-order valence-electron chi connectivity index (χ3n) is 4.44. The van der Waals surface area contributed by atoms with Gasteiger partial charge in [-0.25, -0.2) is 4.79 Å². The Morgan fingerprint density at radius 3 is 2.72 bits per heavy atom. The highest BCUT2D eigenvalue weighted by atomic mass is 16.4. The van der Waals surface area contributed by atoms with Gasteiger partial charge < -0.3 is 15.1 Å². The quantitative estimate of drug-likeness (QED) is 0.676. The van der Waals surface area contributed by atoms with Gasteiger partial charge in [0.2, 0.25) is 5.91 Å². The highest BCUT2D eigenvalue weighted by Gasteiger charge is 2.28. The van der Waals surface area contributed by atoms with Crippen LogP contribution in [-0.4, -0.2) is 45.7 Å². The first-order valence-corrected chi connectivity index (χ1v) is 8.60. The van der Waals surface area contributed by atoms with Crippen molar-refractivity contribution in [3.05, 3.63) is 60.2 Å². The van der Waals surface area contributed by atoms with Gasteiger partial charge in [0.05, 0.1) is 17.7 Å². The van der Waals surface area contributed by atoms with Crippen LogP contribution in [0.4, 0.5) is 0 Å². The fourth-order valence-corrected chi connectivity index (χ4v) is 2.95. The molecule has 2 unspecified atom stereocenters. The molecule has 0 aromatic heterocycles. The second-order valence-corrected chi connectivity index (χ2v) is 6.26. The van der Waals surface area contributed by atoms with Crippen molar-refractivity contribution in [1.29, 1.82) is 0 Å². The van der Waals surface area contributed by atoms with Gasteiger partial charge in [0.15, 0.2) is 0 Å². The van der Waals surface area contributed by atoms with Crippen molar-refractivity contribution in [2.45, 2.75) is 44.2 Å². The normalized spacial score (nSPS) is 18.7. The number of allylic oxidation sites excluding steroid dienone is 1. The lowest BCUT2D eigenvalue weighted by Crippen LogP contribution is -2.33. The first-order chi connectivity index (χ1) is 12.0. The second-order valence-electron chi connectivity index (χ2n) is 6.26. The average Bonchev–Trinajstić information content (AvgIpc) is 2.96. The molecule has 1 fully saturated rings. The summed E-state index contributed by atoms with van der Waals surface area (Å²) in [5.41, 5.74) is 1.26. The van der Waals surface area contributed by atoms with Gasteiger partial charge in [0.25, 0.3) is 0 Å². The largest absolute Gasteiger partial charge is 0.478 e. The zero-order chi connectivity index (χ0) is 18.2. The highest BCUT2D eigenvalue weighted by molar-refractivity contribution is 5.87. The lowest BCUT2D eigenvalue weighted by molar-refractivity contribution is -0.128. The number of benzene rings is 1. The zero-order valence-corrected chi connectivity index (χ0v) is 14.3. The van der Waals surface area contributed by atoms with Crippen molar-refractivity contribution < 1.29 is 19.8 Å². The lowest BCUT2D eigenvalue weighted by Gasteiger charge is -2.22. The summed E-state index contributed by atoms with van der Waals surface area (Å²) in [7, 11) is 0. The van der Waals surface area contributed by atoms with E-state index < -0.39 is 12.1 Å². The number of carboxylic acids is 1. The molecule has 1 amide bonds. The van der Waals surface area contributed by atoms with Crippen molar-refractivity contribution in [3.63, 3.8) is 0 Å². The molecule has 5 nitrogen and oxygen atoms in total. The van der Waals surface area contributed by atoms with Gasteiger partial charge in [0, 0.05) is 13.0 Å². The van der Waals surface area contributed by atoms with Crippen molar-refractivity contribution in [2.24, 2.45) is 0 Å². The van der Waals surface area contributed by atoms with Gasteiger partial charge >= 0.3 is 5.97 Å². The molecule has 2 rings (SSSR count). The topological polar surface area (TPSA) is 77.8 Å². The summed E-state index contributed by atoms with van der Waals surface area (Å²) in [5, 5.41) is 18.8. The number of hydrogen-bond donors (Lipinski definition) is 2. The summed E-state index contributed by atoms with van der Waals surface area (Å²) in [5.74, 6) is -0.820. The standard InChI is InChI=1S/C20H25NO4/c1-2-3-4-18(22)11-9-17-10-12-19(23)21(17)14-13-15-5-7-16(8-6-15)20(24)25/h2,5-9,11,17-18,22H,1,3-4,10,12-14H2,(H,24,25)/b11-9-. The van der Waals surface area contributed by atoms with Gasteiger partial charge in [-0.1, -0.05) is 30.4 Å². The second kappa shape index (κ2) is 9.18. The summed E-state index contributed by atoms with van der Waals surface area (Å²) in [6.07, 6.45) is 8.30. The Hall–Kier alpha value is -2.40. The molecule has 5 heteroatoms. The van der Waals surface area contributed by atoms with Crippen LogP contribution in [0.25, 0.3) is 0 Å². The van der Waals surface area contributed by atoms with Crippen molar-refractivity contribution >= 4 is 11.9 Å². The third-order valence-corrected chi connectivity index (χ3v) is 4.44. The van der Waals surface area contributed by atoms with Crippen LogP contribution in [0.3, 0.4) is 0 Å². The Morgan fingerprint density at radius 1 is 1.36 bits per heavy atom. The monoisotopic (exact) mass is 343 g/mol. The molecule has 1 aliphatic rings. The Balaban J connectivity index is 1.91. The predicted molar refractivity (Wildman–Crippen MR) is 96.4 cm³/mol. The predicted octanol–water partition coefficient (Wildman–Crippen LogP) is 2.80. The summed E-state index contributed by atoms with van der Waals surface area (Å²) in [6.45, 7) is 4.23. The maximum Gasteiger partial charge on any atom is 0.335 e. The van der Waals surface area contributed by atoms with E-state index in [-0.39, 0.29) is 17.5 Å². The number of aromatic carboxylic acids is 1. The van der Waals surface area contributed by atoms with E-state index in [1.807, 2.05) is 11.0 Å². The molecule has 0 bridgehead atoms. The number of amides is 1. The minimum atomic E-state index is -0.943. The maximum absolute atomic E-state index is 12.1. The first-order valence-electron chi connectivity index (χ1n) is 8.60. The van der Waals surface area contributed by atoms with Gasteiger partial charge in [-0.05, 0) is 43.4 Å². The van der Waals surface area contributed by atoms with Crippen molar-refractivity contribution in [2.75, 3.05) is 6.54 Å². The number of nitrogens with zero attached hydrogens (tertiary/aromatic N) is 1. The van der Waals surface area contributed by atoms with Gasteiger partial charge in [-0.15, -0.1) is 6.58 Å². The Bertz CT molecular complexity index is 636. The van der Waals surface area contributed by atoms with Crippen LogP contribution in [0.2, 0.25) is 0 Å². The number of rotatable bonds is 9. The van der Waals surface area contributed by atoms with Crippen LogP contribution in [-0.2, 0) is 11.2 Å². The van der Waals surface area contributed by atoms with E-state index in [0.717, 1.165) is 18.4 Å². The van der Waals surface area contributed by atoms with Crippen LogP contribution < -0.4 is 0 Å². The number of carbonyl (C=O) groups is 2. The van der Waals surface area contributed by atoms with Crippen LogP contribution in [0.5, 0.6) is 0 Å². The smallest absolute Gasteiger partial charge is 0.335 e. The molecule has 0 aliphatic carbocycles. The number of carbonyl (C=O) groups excluding carboxylic acids is 1. The molecule has 1 aromatic carbocycles. The average molecular weight is 343 g/mol. The molecule has 2 N–H and O–H groups in total. The van der Waals surface area contributed by atoms with Gasteiger partial charge in [-0.3, -0.25) is 4.79 Å². The van der Waals surface area contributed by atoms with E-state index in [9.17, 15) is 14.7 Å². The third kappa shape index (κ3) is 5.57. The fraction of sp³-hybridized carbons (Fsp3) is 0.400. The van der Waals surface area contributed by atoms with E-state index in [4.69, 9.17) is 5.11 Å². The van der Waals surface area contributed by atoms with E-state index in [0.29, 0.717) is 25.8 Å². The molecule has 25 heavy (non-hydrogen) atoms. The summed E-state index contributed by atoms with van der Waals surface area (Å²) >= 11 is 0. The number of aliphatic hydroxyl groups is 1. The molecule has 1 aromatic rings. The molecule has 1 heterocycles. The number of aliphatic hydroxyl groups excluding tert-OH is 1. The van der Waals surface area contributed by atoms with Crippen LogP contribution in [0.1, 0.15) is 41.6 Å². The minimum absolute atomic E-state index is 0.0178. The van der Waals surface area contributed by atoms with Crippen molar-refractivity contribution in [1.82, 2.24) is 4.90 Å². The molecule has 0 saturated carbocycles. The Kier molecular flexibility index (Phi) is 6.95. The molecule has 2 atom stereocenters. The zero-order valence-electron chi connectivity index (χ0n) is 14.3. The first kappa shape index (κ1) is 18.9. The number of likely N-dealkylation sites (tertiary alicyclic amines) is 1. The van der Waals surface area contributed by atoms with E-state index in [1.54, 1.807) is 36.4 Å². The summed E-state index contributed by atoms with van der Waals surface area (Å²) < 4.78 is 0. The summed E-state index contributed by atoms with van der Waals surface area (Å²) in [4.78, 5) is 24.8. The van der Waals surface area contributed by atoms with E-state index in [2.05, 4.69) is 6.58 Å². The SMILES string of the molecule is C=CCCC(O)/C=C\C1CCC(=O)N1CCc1ccc(C(=O)O)cc1. The maximum atomic E-state index is 12.1. The van der Waals surface area contributed by atoms with Crippen LogP contribution in [0, 0.1) is 0 Å². The minimum Gasteiger partial charge on any atom is -0.478 e.